The number of nitrogens with zero attached hydrogens (tertiary/aromatic N) is 2. The second kappa shape index (κ2) is 5.54. The standard InChI is InChI=1S/C13H10ClF3N2O2/c14-9-5-8(2-1-7(9)6-18)19-10(3-4-11(19)20)12(21)13(15,16)17/h1-2,5,10,12,21H,3-4H2/t10-,12-/m1/s1. The van der Waals surface area contributed by atoms with Crippen LogP contribution >= 0.6 is 11.6 Å². The zero-order chi connectivity index (χ0) is 15.8. The first-order valence-corrected chi connectivity index (χ1v) is 6.40. The summed E-state index contributed by atoms with van der Waals surface area (Å²) in [5.74, 6) is -0.524. The molecule has 0 radical (unpaired) electrons. The zero-order valence-electron chi connectivity index (χ0n) is 10.6. The van der Waals surface area contributed by atoms with Crippen LogP contribution in [0.25, 0.3) is 0 Å². The SMILES string of the molecule is N#Cc1ccc(N2C(=O)CC[C@@H]2[C@@H](O)C(F)(F)F)cc1Cl. The molecule has 1 aliphatic heterocycles. The van der Waals surface area contributed by atoms with Gasteiger partial charge in [-0.1, -0.05) is 11.6 Å². The lowest BCUT2D eigenvalue weighted by Gasteiger charge is -2.30. The van der Waals surface area contributed by atoms with E-state index < -0.39 is 24.2 Å². The van der Waals surface area contributed by atoms with E-state index >= 15 is 0 Å². The first kappa shape index (κ1) is 15.6. The van der Waals surface area contributed by atoms with Crippen molar-refractivity contribution >= 4 is 23.2 Å². The summed E-state index contributed by atoms with van der Waals surface area (Å²) in [5.41, 5.74) is 0.287. The summed E-state index contributed by atoms with van der Waals surface area (Å²) in [6.45, 7) is 0. The zero-order valence-corrected chi connectivity index (χ0v) is 11.3. The molecule has 0 bridgehead atoms. The van der Waals surface area contributed by atoms with Crippen molar-refractivity contribution in [2.75, 3.05) is 4.90 Å². The van der Waals surface area contributed by atoms with Crippen molar-refractivity contribution in [1.29, 1.82) is 5.26 Å². The van der Waals surface area contributed by atoms with Gasteiger partial charge in [0.2, 0.25) is 5.91 Å². The molecule has 21 heavy (non-hydrogen) atoms. The van der Waals surface area contributed by atoms with E-state index in [-0.39, 0.29) is 29.1 Å². The summed E-state index contributed by atoms with van der Waals surface area (Å²) in [5, 5.41) is 18.2. The van der Waals surface area contributed by atoms with E-state index in [1.165, 1.54) is 18.2 Å². The summed E-state index contributed by atoms with van der Waals surface area (Å²) in [6, 6.07) is 4.34. The van der Waals surface area contributed by atoms with Crippen molar-refractivity contribution < 1.29 is 23.1 Å². The average Bonchev–Trinajstić information content (AvgIpc) is 2.78. The number of hydrogen-bond donors (Lipinski definition) is 1. The summed E-state index contributed by atoms with van der Waals surface area (Å²) in [4.78, 5) is 12.7. The Bertz CT molecular complexity index is 612. The second-order valence-corrected chi connectivity index (χ2v) is 5.04. The molecule has 2 rings (SSSR count). The number of nitriles is 1. The quantitative estimate of drug-likeness (QED) is 0.911. The predicted molar refractivity (Wildman–Crippen MR) is 68.7 cm³/mol. The summed E-state index contributed by atoms with van der Waals surface area (Å²) < 4.78 is 38.0. The summed E-state index contributed by atoms with van der Waals surface area (Å²) in [6.07, 6.45) is -7.63. The van der Waals surface area contributed by atoms with Gasteiger partial charge < -0.3 is 10.0 Å². The van der Waals surface area contributed by atoms with Crippen LogP contribution in [0.3, 0.4) is 0 Å². The second-order valence-electron chi connectivity index (χ2n) is 4.63. The highest BCUT2D eigenvalue weighted by molar-refractivity contribution is 6.32. The Morgan fingerprint density at radius 3 is 2.67 bits per heavy atom. The lowest BCUT2D eigenvalue weighted by atomic mass is 10.1. The molecule has 1 saturated heterocycles. The normalized spacial score (nSPS) is 20.5. The third-order valence-electron chi connectivity index (χ3n) is 3.31. The van der Waals surface area contributed by atoms with Crippen LogP contribution in [0.5, 0.6) is 0 Å². The van der Waals surface area contributed by atoms with Crippen LogP contribution in [0.4, 0.5) is 18.9 Å². The lowest BCUT2D eigenvalue weighted by molar-refractivity contribution is -0.209. The number of amides is 1. The van der Waals surface area contributed by atoms with Gasteiger partial charge in [0.15, 0.2) is 6.10 Å². The van der Waals surface area contributed by atoms with Crippen LogP contribution in [0.15, 0.2) is 18.2 Å². The number of hydrogen-bond acceptors (Lipinski definition) is 3. The van der Waals surface area contributed by atoms with Crippen molar-refractivity contribution in [1.82, 2.24) is 0 Å². The molecule has 0 aromatic heterocycles. The molecule has 112 valence electrons. The Morgan fingerprint density at radius 2 is 2.14 bits per heavy atom. The molecule has 8 heteroatoms. The van der Waals surface area contributed by atoms with Crippen molar-refractivity contribution in [3.8, 4) is 6.07 Å². The van der Waals surface area contributed by atoms with Gasteiger partial charge in [-0.3, -0.25) is 4.79 Å². The maximum atomic E-state index is 12.7. The summed E-state index contributed by atoms with van der Waals surface area (Å²) >= 11 is 5.83. The fraction of sp³-hybridized carbons (Fsp3) is 0.385. The smallest absolute Gasteiger partial charge is 0.382 e. The first-order valence-electron chi connectivity index (χ1n) is 6.02. The van der Waals surface area contributed by atoms with Crippen molar-refractivity contribution in [3.63, 3.8) is 0 Å². The van der Waals surface area contributed by atoms with Crippen LogP contribution in [-0.2, 0) is 4.79 Å². The van der Waals surface area contributed by atoms with Crippen LogP contribution in [0.2, 0.25) is 5.02 Å². The molecule has 1 heterocycles. The van der Waals surface area contributed by atoms with E-state index in [0.29, 0.717) is 0 Å². The van der Waals surface area contributed by atoms with Crippen LogP contribution in [0, 0.1) is 11.3 Å². The van der Waals surface area contributed by atoms with E-state index in [1.807, 2.05) is 6.07 Å². The van der Waals surface area contributed by atoms with Gasteiger partial charge in [0.05, 0.1) is 16.6 Å². The fourth-order valence-corrected chi connectivity index (χ4v) is 2.52. The van der Waals surface area contributed by atoms with Crippen LogP contribution in [0.1, 0.15) is 18.4 Å². The third kappa shape index (κ3) is 2.96. The van der Waals surface area contributed by atoms with Gasteiger partial charge in [-0.15, -0.1) is 0 Å². The molecule has 1 aliphatic rings. The number of aliphatic hydroxyl groups excluding tert-OH is 1. The number of benzene rings is 1. The van der Waals surface area contributed by atoms with Gasteiger partial charge >= 0.3 is 6.18 Å². The van der Waals surface area contributed by atoms with Gasteiger partial charge in [-0.25, -0.2) is 0 Å². The van der Waals surface area contributed by atoms with Gasteiger partial charge in [0.1, 0.15) is 6.07 Å². The summed E-state index contributed by atoms with van der Waals surface area (Å²) in [7, 11) is 0. The minimum absolute atomic E-state index is 0.0370. The van der Waals surface area contributed by atoms with E-state index in [2.05, 4.69) is 0 Å². The van der Waals surface area contributed by atoms with Crippen molar-refractivity contribution in [2.45, 2.75) is 31.2 Å². The number of alkyl halides is 3. The highest BCUT2D eigenvalue weighted by atomic mass is 35.5. The molecule has 0 unspecified atom stereocenters. The Morgan fingerprint density at radius 1 is 1.48 bits per heavy atom. The monoisotopic (exact) mass is 318 g/mol. The van der Waals surface area contributed by atoms with E-state index in [1.54, 1.807) is 0 Å². The Hall–Kier alpha value is -1.78. The fourth-order valence-electron chi connectivity index (χ4n) is 2.30. The average molecular weight is 319 g/mol. The highest BCUT2D eigenvalue weighted by Gasteiger charge is 2.49. The topological polar surface area (TPSA) is 64.3 Å². The molecular weight excluding hydrogens is 309 g/mol. The molecule has 1 N–H and O–H groups in total. The Labute approximate surface area is 123 Å². The van der Waals surface area contributed by atoms with E-state index in [9.17, 15) is 23.1 Å². The number of aliphatic hydroxyl groups is 1. The van der Waals surface area contributed by atoms with Gasteiger partial charge in [-0.05, 0) is 24.6 Å². The number of carbonyl (C=O) groups excluding carboxylic acids is 1. The number of rotatable bonds is 2. The molecule has 1 amide bonds. The Kier molecular flexibility index (Phi) is 4.12. The Balaban J connectivity index is 2.38. The molecule has 1 aromatic carbocycles. The maximum absolute atomic E-state index is 12.7. The predicted octanol–water partition coefficient (Wildman–Crippen LogP) is 2.63. The third-order valence-corrected chi connectivity index (χ3v) is 3.62. The molecule has 2 atom stereocenters. The molecule has 0 aliphatic carbocycles. The minimum Gasteiger partial charge on any atom is -0.382 e. The molecule has 1 aromatic rings. The number of anilines is 1. The molecule has 4 nitrogen and oxygen atoms in total. The van der Waals surface area contributed by atoms with Gasteiger partial charge in [-0.2, -0.15) is 18.4 Å². The maximum Gasteiger partial charge on any atom is 0.416 e. The van der Waals surface area contributed by atoms with Crippen LogP contribution in [-0.4, -0.2) is 29.3 Å². The van der Waals surface area contributed by atoms with Gasteiger partial charge in [0, 0.05) is 12.1 Å². The highest BCUT2D eigenvalue weighted by Crippen LogP contribution is 2.35. The minimum atomic E-state index is -4.82. The van der Waals surface area contributed by atoms with Crippen LogP contribution < -0.4 is 4.90 Å². The molecule has 0 saturated carbocycles. The van der Waals surface area contributed by atoms with E-state index in [0.717, 1.165) is 4.90 Å². The number of halogens is 4. The number of carbonyl (C=O) groups is 1. The van der Waals surface area contributed by atoms with E-state index in [4.69, 9.17) is 16.9 Å². The molecular formula is C13H10ClF3N2O2. The molecule has 1 fully saturated rings. The van der Waals surface area contributed by atoms with Crippen molar-refractivity contribution in [2.24, 2.45) is 0 Å². The first-order chi connectivity index (χ1) is 9.75. The van der Waals surface area contributed by atoms with Crippen molar-refractivity contribution in [3.05, 3.63) is 28.8 Å². The lowest BCUT2D eigenvalue weighted by Crippen LogP contribution is -2.48. The van der Waals surface area contributed by atoms with Gasteiger partial charge in [0.25, 0.3) is 0 Å². The molecule has 0 spiro atoms. The largest absolute Gasteiger partial charge is 0.416 e.